The van der Waals surface area contributed by atoms with Crippen LogP contribution in [0.25, 0.3) is 0 Å². The molecule has 0 unspecified atom stereocenters. The largest absolute Gasteiger partial charge is 0.465 e. The van der Waals surface area contributed by atoms with Crippen LogP contribution in [-0.4, -0.2) is 196 Å². The third-order valence-electron chi connectivity index (χ3n) is 12.3. The Morgan fingerprint density at radius 2 is 0.988 bits per heavy atom. The second-order valence-electron chi connectivity index (χ2n) is 20.1. The lowest BCUT2D eigenvalue weighted by molar-refractivity contribution is -0.353. The Kier molecular flexibility index (Phi) is 25.0. The molecule has 0 N–H and O–H groups in total. The second-order valence-corrected chi connectivity index (χ2v) is 25.7. The van der Waals surface area contributed by atoms with E-state index in [1.807, 2.05) is 19.6 Å². The lowest BCUT2D eigenvalue weighted by atomic mass is 9.85. The number of rotatable bonds is 25. The van der Waals surface area contributed by atoms with Crippen LogP contribution >= 0.6 is 0 Å². The van der Waals surface area contributed by atoms with Crippen LogP contribution in [0.2, 0.25) is 25.7 Å². The van der Waals surface area contributed by atoms with Gasteiger partial charge in [-0.1, -0.05) is 50.0 Å². The molecule has 0 bridgehead atoms. The summed E-state index contributed by atoms with van der Waals surface area (Å²) >= 11 is 0. The van der Waals surface area contributed by atoms with Gasteiger partial charge in [-0.2, -0.15) is 0 Å². The molecule has 2 aliphatic heterocycles. The van der Waals surface area contributed by atoms with Gasteiger partial charge in [-0.3, -0.25) is 57.7 Å². The van der Waals surface area contributed by atoms with Crippen molar-refractivity contribution in [3.63, 3.8) is 0 Å². The molecule has 3 rings (SSSR count). The summed E-state index contributed by atoms with van der Waals surface area (Å²) in [6.45, 7) is 13.3. The number of amides is 4. The average Bonchev–Trinajstić information content (AvgIpc) is 3.33. The molecule has 0 spiro atoms. The van der Waals surface area contributed by atoms with E-state index in [9.17, 15) is 57.5 Å². The molecule has 28 heteroatoms. The molecule has 2 heterocycles. The zero-order valence-electron chi connectivity index (χ0n) is 47.7. The molecule has 80 heavy (non-hydrogen) atoms. The van der Waals surface area contributed by atoms with Gasteiger partial charge in [-0.25, -0.2) is 9.59 Å². The lowest BCUT2D eigenvalue weighted by Gasteiger charge is -2.53. The molecule has 27 nitrogen and oxygen atoms in total. The van der Waals surface area contributed by atoms with E-state index in [0.29, 0.717) is 21.4 Å². The van der Waals surface area contributed by atoms with Crippen molar-refractivity contribution < 1.29 is 119 Å². The monoisotopic (exact) mass is 1150 g/mol. The quantitative estimate of drug-likeness (QED) is 0.0768. The first kappa shape index (κ1) is 67.6. The van der Waals surface area contributed by atoms with Crippen LogP contribution in [0.5, 0.6) is 0 Å². The highest BCUT2D eigenvalue weighted by molar-refractivity contribution is 6.76. The number of nitrogens with zero attached hydrogens (tertiary/aromatic N) is 2. The van der Waals surface area contributed by atoms with Gasteiger partial charge >= 0.3 is 47.8 Å². The van der Waals surface area contributed by atoms with E-state index in [2.05, 4.69) is 0 Å². The van der Waals surface area contributed by atoms with E-state index >= 15 is 0 Å². The smallest absolute Gasteiger partial charge is 0.366 e. The first-order valence-corrected chi connectivity index (χ1v) is 29.0. The fourth-order valence-electron chi connectivity index (χ4n) is 9.33. The van der Waals surface area contributed by atoms with Gasteiger partial charge in [0.1, 0.15) is 49.2 Å². The van der Waals surface area contributed by atoms with Crippen molar-refractivity contribution in [3.8, 4) is 0 Å². The van der Waals surface area contributed by atoms with Gasteiger partial charge in [0, 0.05) is 83.9 Å². The van der Waals surface area contributed by atoms with E-state index in [4.69, 9.17) is 61.6 Å². The van der Waals surface area contributed by atoms with Crippen molar-refractivity contribution in [2.75, 3.05) is 34.0 Å². The van der Waals surface area contributed by atoms with E-state index in [-0.39, 0.29) is 13.2 Å². The van der Waals surface area contributed by atoms with E-state index in [1.54, 1.807) is 30.3 Å². The Bertz CT molecular complexity index is 2400. The molecular formula is C52H74N2O25Si. The molecule has 4 amide bonds. The number of hydrogen-bond acceptors (Lipinski definition) is 25. The van der Waals surface area contributed by atoms with Crippen molar-refractivity contribution in [2.24, 2.45) is 0 Å². The molecule has 2 saturated heterocycles. The molecule has 12 atom stereocenters. The molecule has 0 radical (unpaired) electrons. The third kappa shape index (κ3) is 18.7. The van der Waals surface area contributed by atoms with Crippen LogP contribution in [0.15, 0.2) is 30.3 Å². The molecular weight excluding hydrogens is 1080 g/mol. The Morgan fingerprint density at radius 1 is 0.562 bits per heavy atom. The minimum absolute atomic E-state index is 0.192. The molecule has 446 valence electrons. The maximum atomic E-state index is 15.0. The number of ether oxygens (including phenoxy) is 13. The van der Waals surface area contributed by atoms with Crippen LogP contribution in [0.1, 0.15) is 87.6 Å². The summed E-state index contributed by atoms with van der Waals surface area (Å²) in [5.41, 5.74) is 0.536. The topological polar surface area (TPSA) is 331 Å². The minimum Gasteiger partial charge on any atom is -0.465 e. The highest BCUT2D eigenvalue weighted by atomic mass is 28.3. The van der Waals surface area contributed by atoms with Gasteiger partial charge in [0.25, 0.3) is 11.6 Å². The minimum atomic E-state index is -3.16. The summed E-state index contributed by atoms with van der Waals surface area (Å²) in [6, 6.07) is 4.95. The Morgan fingerprint density at radius 3 is 1.39 bits per heavy atom. The van der Waals surface area contributed by atoms with Gasteiger partial charge in [-0.15, -0.1) is 0 Å². The predicted molar refractivity (Wildman–Crippen MR) is 272 cm³/mol. The summed E-state index contributed by atoms with van der Waals surface area (Å²) in [7, 11) is -0.158. The van der Waals surface area contributed by atoms with Crippen molar-refractivity contribution in [2.45, 2.75) is 187 Å². The average molecular weight is 1160 g/mol. The van der Waals surface area contributed by atoms with Crippen molar-refractivity contribution in [1.29, 1.82) is 0 Å². The molecule has 2 fully saturated rings. The van der Waals surface area contributed by atoms with Crippen LogP contribution in [0, 0.1) is 0 Å². The fraction of sp³-hybridized carbons (Fsp3) is 0.654. The number of carbonyl (C=O) groups excluding carboxylic acids is 12. The fourth-order valence-corrected chi connectivity index (χ4v) is 10.0. The zero-order valence-corrected chi connectivity index (χ0v) is 48.7. The van der Waals surface area contributed by atoms with Crippen LogP contribution in [-0.2, 0) is 126 Å². The Balaban J connectivity index is 2.68. The third-order valence-corrected chi connectivity index (χ3v) is 14.0. The number of methoxy groups -OCH3 is 2. The summed E-state index contributed by atoms with van der Waals surface area (Å²) in [6.07, 6.45) is -18.4. The number of benzene rings is 1. The highest BCUT2D eigenvalue weighted by Gasteiger charge is 2.65. The van der Waals surface area contributed by atoms with Gasteiger partial charge in [0.05, 0.1) is 40.3 Å². The van der Waals surface area contributed by atoms with Gasteiger partial charge in [-0.05, 0) is 11.6 Å². The summed E-state index contributed by atoms with van der Waals surface area (Å²) in [5, 5.41) is 0. The Labute approximate surface area is 464 Å². The SMILES string of the molecule is COC(=O)[C@@]1(O[C@H](COCc2ccccc2)[C@@H](OC(C)=O)[C@@H]2O[C@@](OCC[Si](C)(C)C)(C(=O)OC)C[C@H](OC(C)=O)[C@H]2N(C(C)=O)C(C)=O)C[C@H](OC(C)=O)[C@@H](N(C(C)=O)C(C)=O)[C@H]([C@H](OC(C)=O)[C@@H](COC(C)=O)OC(C)=O)O1. The van der Waals surface area contributed by atoms with E-state index in [0.717, 1.165) is 83.5 Å². The van der Waals surface area contributed by atoms with Crippen LogP contribution in [0.3, 0.4) is 0 Å². The Hall–Kier alpha value is -6.72. The number of esters is 8. The zero-order chi connectivity index (χ0) is 60.6. The van der Waals surface area contributed by atoms with E-state index in [1.165, 1.54) is 0 Å². The molecule has 1 aromatic carbocycles. The maximum Gasteiger partial charge on any atom is 0.366 e. The molecule has 0 saturated carbocycles. The predicted octanol–water partition coefficient (Wildman–Crippen LogP) is 2.01. The van der Waals surface area contributed by atoms with Gasteiger partial charge in [0.15, 0.2) is 18.3 Å². The van der Waals surface area contributed by atoms with Gasteiger partial charge in [0.2, 0.25) is 23.6 Å². The molecule has 0 aliphatic carbocycles. The molecule has 0 aromatic heterocycles. The normalized spacial score (nSPS) is 24.1. The molecule has 1 aromatic rings. The highest BCUT2D eigenvalue weighted by Crippen LogP contribution is 2.44. The standard InChI is InChI=1S/C52H74N2O25Si/c1-28(55)53(29(2)56)43-39(72-33(6)60)23-51(49(65)67-11,71-21-22-80(13,14)15)78-48(43)46(76-37(10)64)42(26-69-25-38-19-17-16-18-20-38)77-52(50(66)68-12)24-40(73-34(7)61)44(54(30(3)57)31(4)58)47(79-52)45(75-36(9)63)41(74-35(8)62)27-70-32(5)59/h16-20,39-48H,21-27H2,1-15H3/t39-,40-,41+,42+,43+,44+,45+,46+,47+,48+,51+,52+/m0/s1. The summed E-state index contributed by atoms with van der Waals surface area (Å²) < 4.78 is 77.3. The van der Waals surface area contributed by atoms with Crippen molar-refractivity contribution in [3.05, 3.63) is 35.9 Å². The van der Waals surface area contributed by atoms with Crippen LogP contribution in [0.4, 0.5) is 0 Å². The van der Waals surface area contributed by atoms with Crippen LogP contribution < -0.4 is 0 Å². The number of hydrogen-bond donors (Lipinski definition) is 0. The lowest BCUT2D eigenvalue weighted by Crippen LogP contribution is -2.72. The van der Waals surface area contributed by atoms with Crippen molar-refractivity contribution >= 4 is 79.5 Å². The van der Waals surface area contributed by atoms with Crippen molar-refractivity contribution in [1.82, 2.24) is 9.80 Å². The maximum absolute atomic E-state index is 15.0. The first-order chi connectivity index (χ1) is 37.2. The summed E-state index contributed by atoms with van der Waals surface area (Å²) in [4.78, 5) is 164. The first-order valence-electron chi connectivity index (χ1n) is 25.3. The molecule has 2 aliphatic rings. The second kappa shape index (κ2) is 29.7. The van der Waals surface area contributed by atoms with E-state index < -0.39 is 178 Å². The van der Waals surface area contributed by atoms with Gasteiger partial charge < -0.3 is 61.6 Å². The summed E-state index contributed by atoms with van der Waals surface area (Å²) in [5.74, 6) is -19.0. The number of imide groups is 2. The number of carbonyl (C=O) groups is 12.